The SMILES string of the molecule is COC(=O)C(C1CC1)N(CCCO)C(C)C. The van der Waals surface area contributed by atoms with Gasteiger partial charge in [-0.2, -0.15) is 0 Å². The molecule has 1 fully saturated rings. The zero-order valence-electron chi connectivity index (χ0n) is 10.5. The van der Waals surface area contributed by atoms with Crippen LogP contribution in [0.1, 0.15) is 33.1 Å². The van der Waals surface area contributed by atoms with Gasteiger partial charge in [-0.1, -0.05) is 0 Å². The molecule has 0 saturated heterocycles. The van der Waals surface area contributed by atoms with Crippen LogP contribution in [0.3, 0.4) is 0 Å². The van der Waals surface area contributed by atoms with Gasteiger partial charge in [-0.05, 0) is 39.0 Å². The molecule has 1 N–H and O–H groups in total. The third kappa shape index (κ3) is 3.46. The van der Waals surface area contributed by atoms with Crippen molar-refractivity contribution in [1.82, 2.24) is 4.90 Å². The van der Waals surface area contributed by atoms with Gasteiger partial charge in [0.05, 0.1) is 7.11 Å². The molecule has 1 unspecified atom stereocenters. The Balaban J connectivity index is 2.66. The van der Waals surface area contributed by atoms with Gasteiger partial charge in [0.15, 0.2) is 0 Å². The molecular weight excluding hydrogens is 206 g/mol. The monoisotopic (exact) mass is 229 g/mol. The minimum absolute atomic E-state index is 0.114. The van der Waals surface area contributed by atoms with Crippen LogP contribution in [0.2, 0.25) is 0 Å². The van der Waals surface area contributed by atoms with E-state index in [1.165, 1.54) is 7.11 Å². The molecule has 0 radical (unpaired) electrons. The van der Waals surface area contributed by atoms with Crippen molar-refractivity contribution < 1.29 is 14.6 Å². The van der Waals surface area contributed by atoms with Gasteiger partial charge in [-0.15, -0.1) is 0 Å². The maximum Gasteiger partial charge on any atom is 0.323 e. The van der Waals surface area contributed by atoms with Gasteiger partial charge in [0.2, 0.25) is 0 Å². The molecule has 0 aromatic heterocycles. The largest absolute Gasteiger partial charge is 0.468 e. The van der Waals surface area contributed by atoms with E-state index in [0.29, 0.717) is 18.4 Å². The molecule has 0 heterocycles. The van der Waals surface area contributed by atoms with Crippen molar-refractivity contribution >= 4 is 5.97 Å². The van der Waals surface area contributed by atoms with Crippen LogP contribution in [0, 0.1) is 5.92 Å². The summed E-state index contributed by atoms with van der Waals surface area (Å²) in [4.78, 5) is 13.9. The quantitative estimate of drug-likeness (QED) is 0.662. The number of nitrogens with zero attached hydrogens (tertiary/aromatic N) is 1. The number of carbonyl (C=O) groups excluding carboxylic acids is 1. The van der Waals surface area contributed by atoms with Gasteiger partial charge in [0, 0.05) is 19.2 Å². The van der Waals surface area contributed by atoms with Crippen molar-refractivity contribution in [2.45, 2.75) is 45.2 Å². The fraction of sp³-hybridized carbons (Fsp3) is 0.917. The third-order valence-corrected chi connectivity index (χ3v) is 3.11. The lowest BCUT2D eigenvalue weighted by Gasteiger charge is -2.33. The van der Waals surface area contributed by atoms with E-state index in [0.717, 1.165) is 19.4 Å². The van der Waals surface area contributed by atoms with Crippen LogP contribution < -0.4 is 0 Å². The molecule has 1 saturated carbocycles. The predicted octanol–water partition coefficient (Wildman–Crippen LogP) is 1.03. The first-order valence-corrected chi connectivity index (χ1v) is 6.06. The van der Waals surface area contributed by atoms with E-state index in [9.17, 15) is 4.79 Å². The van der Waals surface area contributed by atoms with Crippen molar-refractivity contribution in [2.24, 2.45) is 5.92 Å². The summed E-state index contributed by atoms with van der Waals surface area (Å²) in [5.74, 6) is 0.322. The Hall–Kier alpha value is -0.610. The maximum atomic E-state index is 11.8. The number of esters is 1. The topological polar surface area (TPSA) is 49.8 Å². The first-order valence-electron chi connectivity index (χ1n) is 6.06. The highest BCUT2D eigenvalue weighted by Crippen LogP contribution is 2.36. The smallest absolute Gasteiger partial charge is 0.323 e. The number of methoxy groups -OCH3 is 1. The number of hydrogen-bond donors (Lipinski definition) is 1. The zero-order valence-corrected chi connectivity index (χ0v) is 10.5. The van der Waals surface area contributed by atoms with E-state index >= 15 is 0 Å². The second-order valence-corrected chi connectivity index (χ2v) is 4.71. The van der Waals surface area contributed by atoms with Gasteiger partial charge in [0.1, 0.15) is 6.04 Å². The molecule has 1 rings (SSSR count). The van der Waals surface area contributed by atoms with Crippen LogP contribution in [-0.4, -0.2) is 48.3 Å². The number of aliphatic hydroxyl groups is 1. The summed E-state index contributed by atoms with van der Waals surface area (Å²) in [6.07, 6.45) is 2.93. The zero-order chi connectivity index (χ0) is 12.1. The lowest BCUT2D eigenvalue weighted by atomic mass is 10.1. The Morgan fingerprint density at radius 1 is 1.50 bits per heavy atom. The highest BCUT2D eigenvalue weighted by atomic mass is 16.5. The first kappa shape index (κ1) is 13.5. The van der Waals surface area contributed by atoms with E-state index in [1.807, 2.05) is 0 Å². The van der Waals surface area contributed by atoms with Crippen LogP contribution in [-0.2, 0) is 9.53 Å². The molecule has 4 nitrogen and oxygen atoms in total. The molecule has 0 bridgehead atoms. The molecule has 1 aliphatic rings. The van der Waals surface area contributed by atoms with Gasteiger partial charge >= 0.3 is 5.97 Å². The summed E-state index contributed by atoms with van der Waals surface area (Å²) in [7, 11) is 1.45. The number of rotatable bonds is 7. The summed E-state index contributed by atoms with van der Waals surface area (Å²) in [6.45, 7) is 5.08. The van der Waals surface area contributed by atoms with Gasteiger partial charge in [-0.3, -0.25) is 9.69 Å². The molecule has 4 heteroatoms. The van der Waals surface area contributed by atoms with Crippen molar-refractivity contribution in [1.29, 1.82) is 0 Å². The Labute approximate surface area is 97.6 Å². The molecule has 0 spiro atoms. The first-order chi connectivity index (χ1) is 7.61. The van der Waals surface area contributed by atoms with Crippen LogP contribution in [0.4, 0.5) is 0 Å². The Morgan fingerprint density at radius 2 is 2.12 bits per heavy atom. The summed E-state index contributed by atoms with van der Waals surface area (Å²) in [5.41, 5.74) is 0. The van der Waals surface area contributed by atoms with Crippen molar-refractivity contribution in [3.05, 3.63) is 0 Å². The molecule has 1 aliphatic carbocycles. The summed E-state index contributed by atoms with van der Waals surface area (Å²) in [6, 6.07) is 0.188. The van der Waals surface area contributed by atoms with Crippen molar-refractivity contribution in [3.63, 3.8) is 0 Å². The van der Waals surface area contributed by atoms with E-state index in [1.54, 1.807) is 0 Å². The van der Waals surface area contributed by atoms with E-state index in [4.69, 9.17) is 9.84 Å². The molecule has 94 valence electrons. The van der Waals surface area contributed by atoms with Crippen LogP contribution in [0.15, 0.2) is 0 Å². The number of aliphatic hydroxyl groups excluding tert-OH is 1. The van der Waals surface area contributed by atoms with Crippen LogP contribution in [0.25, 0.3) is 0 Å². The molecule has 0 amide bonds. The molecule has 0 aromatic carbocycles. The Kier molecular flexibility index (Phi) is 5.22. The third-order valence-electron chi connectivity index (χ3n) is 3.11. The molecule has 0 aliphatic heterocycles. The fourth-order valence-corrected chi connectivity index (χ4v) is 2.10. The minimum Gasteiger partial charge on any atom is -0.468 e. The second-order valence-electron chi connectivity index (χ2n) is 4.71. The summed E-state index contributed by atoms with van der Waals surface area (Å²) in [5, 5.41) is 8.89. The Morgan fingerprint density at radius 3 is 2.50 bits per heavy atom. The summed E-state index contributed by atoms with van der Waals surface area (Å²) < 4.78 is 4.88. The highest BCUT2D eigenvalue weighted by molar-refractivity contribution is 5.76. The van der Waals surface area contributed by atoms with E-state index in [-0.39, 0.29) is 18.6 Å². The van der Waals surface area contributed by atoms with Gasteiger partial charge < -0.3 is 9.84 Å². The molecule has 16 heavy (non-hydrogen) atoms. The molecular formula is C12H23NO3. The van der Waals surface area contributed by atoms with Gasteiger partial charge in [-0.25, -0.2) is 0 Å². The lowest BCUT2D eigenvalue weighted by molar-refractivity contribution is -0.148. The number of hydrogen-bond acceptors (Lipinski definition) is 4. The lowest BCUT2D eigenvalue weighted by Crippen LogP contribution is -2.47. The number of carbonyl (C=O) groups is 1. The highest BCUT2D eigenvalue weighted by Gasteiger charge is 2.41. The maximum absolute atomic E-state index is 11.8. The molecule has 0 aromatic rings. The average molecular weight is 229 g/mol. The van der Waals surface area contributed by atoms with E-state index in [2.05, 4.69) is 18.7 Å². The van der Waals surface area contributed by atoms with Crippen LogP contribution >= 0.6 is 0 Å². The average Bonchev–Trinajstić information content (AvgIpc) is 3.06. The standard InChI is InChI=1S/C12H23NO3/c1-9(2)13(7-4-8-14)11(10-5-6-10)12(15)16-3/h9-11,14H,4-8H2,1-3H3. The van der Waals surface area contributed by atoms with Crippen molar-refractivity contribution in [3.8, 4) is 0 Å². The van der Waals surface area contributed by atoms with Crippen molar-refractivity contribution in [2.75, 3.05) is 20.3 Å². The predicted molar refractivity (Wildman–Crippen MR) is 62.1 cm³/mol. The minimum atomic E-state index is -0.130. The number of ether oxygens (including phenoxy) is 1. The van der Waals surface area contributed by atoms with E-state index < -0.39 is 0 Å². The summed E-state index contributed by atoms with van der Waals surface area (Å²) >= 11 is 0. The van der Waals surface area contributed by atoms with Crippen LogP contribution in [0.5, 0.6) is 0 Å². The molecule has 1 atom stereocenters. The fourth-order valence-electron chi connectivity index (χ4n) is 2.10. The normalized spacial score (nSPS) is 17.9. The second kappa shape index (κ2) is 6.21. The van der Waals surface area contributed by atoms with Gasteiger partial charge in [0.25, 0.3) is 0 Å². The Bertz CT molecular complexity index is 226.